The number of hydrogen-bond donors (Lipinski definition) is 2. The molecule has 2 N–H and O–H groups in total. The summed E-state index contributed by atoms with van der Waals surface area (Å²) in [6, 6.07) is 2.04. The van der Waals surface area contributed by atoms with Gasteiger partial charge in [0.05, 0.1) is 18.0 Å². The van der Waals surface area contributed by atoms with E-state index < -0.39 is 0 Å². The topological polar surface area (TPSA) is 61.3 Å². The third kappa shape index (κ3) is 2.63. The average Bonchev–Trinajstić information content (AvgIpc) is 2.90. The maximum Gasteiger partial charge on any atom is 0.146 e. The number of piperidine rings is 1. The average molecular weight is 292 g/mol. The highest BCUT2D eigenvalue weighted by Gasteiger charge is 2.24. The molecule has 2 aromatic heterocycles. The summed E-state index contributed by atoms with van der Waals surface area (Å²) >= 11 is 1.63. The van der Waals surface area contributed by atoms with E-state index in [0.29, 0.717) is 19.0 Å². The van der Waals surface area contributed by atoms with Gasteiger partial charge in [0.1, 0.15) is 16.5 Å². The van der Waals surface area contributed by atoms with Gasteiger partial charge in [-0.3, -0.25) is 4.90 Å². The number of likely N-dealkylation sites (tertiary alicyclic amines) is 1. The molecule has 3 rings (SSSR count). The molecule has 20 heavy (non-hydrogen) atoms. The molecule has 0 bridgehead atoms. The molecule has 0 saturated carbocycles. The number of nitrogens with one attached hydrogen (secondary N) is 1. The number of nitrogens with zero attached hydrogens (tertiary/aromatic N) is 3. The van der Waals surface area contributed by atoms with Gasteiger partial charge in [0.2, 0.25) is 0 Å². The lowest BCUT2D eigenvalue weighted by Crippen LogP contribution is -2.42. The van der Waals surface area contributed by atoms with E-state index in [1.54, 1.807) is 11.3 Å². The molecule has 1 aliphatic heterocycles. The van der Waals surface area contributed by atoms with Crippen molar-refractivity contribution in [3.8, 4) is 0 Å². The van der Waals surface area contributed by atoms with Crippen molar-refractivity contribution in [1.82, 2.24) is 14.9 Å². The Morgan fingerprint density at radius 3 is 3.10 bits per heavy atom. The molecule has 108 valence electrons. The first-order chi connectivity index (χ1) is 9.67. The van der Waals surface area contributed by atoms with Gasteiger partial charge in [-0.1, -0.05) is 6.92 Å². The Kier molecular flexibility index (Phi) is 3.87. The number of aliphatic hydroxyl groups is 1. The monoisotopic (exact) mass is 292 g/mol. The Balaban J connectivity index is 1.80. The van der Waals surface area contributed by atoms with E-state index in [1.807, 2.05) is 18.5 Å². The minimum atomic E-state index is -0.238. The summed E-state index contributed by atoms with van der Waals surface area (Å²) < 4.78 is 0. The number of rotatable bonds is 3. The molecule has 1 fully saturated rings. The molecule has 5 nitrogen and oxygen atoms in total. The first-order valence-corrected chi connectivity index (χ1v) is 7.87. The first kappa shape index (κ1) is 13.7. The van der Waals surface area contributed by atoms with Gasteiger partial charge in [0.25, 0.3) is 0 Å². The molecular formula is C14H20N4OS. The second kappa shape index (κ2) is 5.63. The summed E-state index contributed by atoms with van der Waals surface area (Å²) in [5.41, 5.74) is 0. The fourth-order valence-corrected chi connectivity index (χ4v) is 3.40. The highest BCUT2D eigenvalue weighted by molar-refractivity contribution is 7.16. The number of anilines is 1. The van der Waals surface area contributed by atoms with Gasteiger partial charge in [0, 0.05) is 13.6 Å². The van der Waals surface area contributed by atoms with Crippen LogP contribution in [0.15, 0.2) is 11.4 Å². The number of β-amino-alcohol motifs (C(OH)–C–C–N with tert-alkyl or cyclic N) is 1. The van der Waals surface area contributed by atoms with Gasteiger partial charge in [-0.25, -0.2) is 9.97 Å². The Labute approximate surface area is 122 Å². The Morgan fingerprint density at radius 2 is 2.35 bits per heavy atom. The summed E-state index contributed by atoms with van der Waals surface area (Å²) in [5.74, 6) is 2.10. The highest BCUT2D eigenvalue weighted by Crippen LogP contribution is 2.25. The standard InChI is InChI=1S/C14H20N4OS/c1-9-3-5-18(7-11(9)19)8-12-16-13(15-2)10-4-6-20-14(10)17-12/h4,6,9,11,19H,3,5,7-8H2,1-2H3,(H,15,16,17). The largest absolute Gasteiger partial charge is 0.392 e. The zero-order chi connectivity index (χ0) is 14.1. The van der Waals surface area contributed by atoms with Crippen LogP contribution in [0.4, 0.5) is 5.82 Å². The molecule has 1 aliphatic rings. The molecule has 0 aliphatic carbocycles. The molecule has 2 aromatic rings. The van der Waals surface area contributed by atoms with Crippen LogP contribution in [-0.2, 0) is 6.54 Å². The van der Waals surface area contributed by atoms with Crippen LogP contribution in [0.1, 0.15) is 19.2 Å². The second-order valence-electron chi connectivity index (χ2n) is 5.45. The molecule has 2 unspecified atom stereocenters. The Hall–Kier alpha value is -1.24. The summed E-state index contributed by atoms with van der Waals surface area (Å²) in [7, 11) is 1.88. The molecule has 0 radical (unpaired) electrons. The van der Waals surface area contributed by atoms with Crippen LogP contribution < -0.4 is 5.32 Å². The zero-order valence-corrected chi connectivity index (χ0v) is 12.7. The quantitative estimate of drug-likeness (QED) is 0.905. The smallest absolute Gasteiger partial charge is 0.146 e. The van der Waals surface area contributed by atoms with Crippen LogP contribution in [-0.4, -0.2) is 46.2 Å². The highest BCUT2D eigenvalue weighted by atomic mass is 32.1. The van der Waals surface area contributed by atoms with E-state index in [0.717, 1.165) is 34.8 Å². The number of thiophene rings is 1. The lowest BCUT2D eigenvalue weighted by Gasteiger charge is -2.33. The SMILES string of the molecule is CNc1nc(CN2CCC(C)C(O)C2)nc2sccc12. The molecule has 2 atom stereocenters. The predicted molar refractivity (Wildman–Crippen MR) is 82.0 cm³/mol. The number of hydrogen-bond acceptors (Lipinski definition) is 6. The summed E-state index contributed by atoms with van der Waals surface area (Å²) in [6.45, 7) is 4.52. The molecule has 0 spiro atoms. The summed E-state index contributed by atoms with van der Waals surface area (Å²) in [5, 5.41) is 16.2. The van der Waals surface area contributed by atoms with Crippen molar-refractivity contribution in [2.24, 2.45) is 5.92 Å². The van der Waals surface area contributed by atoms with Gasteiger partial charge in [-0.05, 0) is 30.3 Å². The maximum absolute atomic E-state index is 9.97. The fraction of sp³-hybridized carbons (Fsp3) is 0.571. The molecule has 0 amide bonds. The van der Waals surface area contributed by atoms with Crippen molar-refractivity contribution in [2.75, 3.05) is 25.5 Å². The van der Waals surface area contributed by atoms with Crippen molar-refractivity contribution in [3.05, 3.63) is 17.3 Å². The van der Waals surface area contributed by atoms with Crippen molar-refractivity contribution in [3.63, 3.8) is 0 Å². The van der Waals surface area contributed by atoms with E-state index in [-0.39, 0.29) is 6.10 Å². The van der Waals surface area contributed by atoms with Crippen LogP contribution in [0.25, 0.3) is 10.2 Å². The molecule has 1 saturated heterocycles. The van der Waals surface area contributed by atoms with Crippen LogP contribution in [0, 0.1) is 5.92 Å². The third-order valence-electron chi connectivity index (χ3n) is 3.98. The maximum atomic E-state index is 9.97. The van der Waals surface area contributed by atoms with E-state index >= 15 is 0 Å². The first-order valence-electron chi connectivity index (χ1n) is 6.99. The van der Waals surface area contributed by atoms with Crippen LogP contribution in [0.2, 0.25) is 0 Å². The van der Waals surface area contributed by atoms with E-state index in [1.165, 1.54) is 0 Å². The lowest BCUT2D eigenvalue weighted by atomic mass is 9.96. The van der Waals surface area contributed by atoms with Crippen molar-refractivity contribution in [1.29, 1.82) is 0 Å². The predicted octanol–water partition coefficient (Wildman–Crippen LogP) is 1.94. The van der Waals surface area contributed by atoms with Crippen LogP contribution in [0.3, 0.4) is 0 Å². The van der Waals surface area contributed by atoms with Gasteiger partial charge < -0.3 is 10.4 Å². The summed E-state index contributed by atoms with van der Waals surface area (Å²) in [6.07, 6.45) is 0.791. The van der Waals surface area contributed by atoms with E-state index in [9.17, 15) is 5.11 Å². The normalized spacial score (nSPS) is 24.1. The third-order valence-corrected chi connectivity index (χ3v) is 4.78. The zero-order valence-electron chi connectivity index (χ0n) is 11.8. The molecule has 3 heterocycles. The van der Waals surface area contributed by atoms with Gasteiger partial charge in [-0.15, -0.1) is 11.3 Å². The Bertz CT molecular complexity index is 600. The van der Waals surface area contributed by atoms with Gasteiger partial charge >= 0.3 is 0 Å². The summed E-state index contributed by atoms with van der Waals surface area (Å²) in [4.78, 5) is 12.5. The molecular weight excluding hydrogens is 272 g/mol. The number of fused-ring (bicyclic) bond motifs is 1. The van der Waals surface area contributed by atoms with E-state index in [4.69, 9.17) is 0 Å². The minimum absolute atomic E-state index is 0.238. The van der Waals surface area contributed by atoms with Crippen LogP contribution in [0.5, 0.6) is 0 Å². The van der Waals surface area contributed by atoms with Crippen molar-refractivity contribution >= 4 is 27.4 Å². The van der Waals surface area contributed by atoms with Gasteiger partial charge in [0.15, 0.2) is 0 Å². The minimum Gasteiger partial charge on any atom is -0.392 e. The van der Waals surface area contributed by atoms with E-state index in [2.05, 4.69) is 27.1 Å². The number of aromatic nitrogens is 2. The van der Waals surface area contributed by atoms with Crippen molar-refractivity contribution in [2.45, 2.75) is 26.0 Å². The number of aliphatic hydroxyl groups excluding tert-OH is 1. The van der Waals surface area contributed by atoms with Crippen molar-refractivity contribution < 1.29 is 5.11 Å². The van der Waals surface area contributed by atoms with Crippen LogP contribution >= 0.6 is 11.3 Å². The fourth-order valence-electron chi connectivity index (χ4n) is 2.62. The molecule has 0 aromatic carbocycles. The Morgan fingerprint density at radius 1 is 1.50 bits per heavy atom. The van der Waals surface area contributed by atoms with Gasteiger partial charge in [-0.2, -0.15) is 0 Å². The molecule has 6 heteroatoms. The lowest BCUT2D eigenvalue weighted by molar-refractivity contribution is 0.0250. The second-order valence-corrected chi connectivity index (χ2v) is 6.34.